The Labute approximate surface area is 147 Å². The molecule has 24 heavy (non-hydrogen) atoms. The molecule has 0 aliphatic carbocycles. The first-order chi connectivity index (χ1) is 11.4. The smallest absolute Gasteiger partial charge is 0.0236 e. The van der Waals surface area contributed by atoms with Crippen molar-refractivity contribution < 1.29 is 0 Å². The van der Waals surface area contributed by atoms with E-state index in [4.69, 9.17) is 0 Å². The van der Waals surface area contributed by atoms with Gasteiger partial charge in [0.15, 0.2) is 0 Å². The third-order valence-electron chi connectivity index (χ3n) is 5.18. The van der Waals surface area contributed by atoms with Crippen molar-refractivity contribution in [1.29, 1.82) is 0 Å². The fourth-order valence-corrected chi connectivity index (χ4v) is 3.76. The average Bonchev–Trinajstić information content (AvgIpc) is 2.54. The highest BCUT2D eigenvalue weighted by atomic mass is 15.1. The Balaban J connectivity index is 1.55. The molecule has 1 aliphatic rings. The Morgan fingerprint density at radius 3 is 2.29 bits per heavy atom. The lowest BCUT2D eigenvalue weighted by molar-refractivity contribution is 0.219. The van der Waals surface area contributed by atoms with Gasteiger partial charge in [0.05, 0.1) is 0 Å². The van der Waals surface area contributed by atoms with Gasteiger partial charge in [0.25, 0.3) is 0 Å². The van der Waals surface area contributed by atoms with E-state index in [2.05, 4.69) is 81.1 Å². The van der Waals surface area contributed by atoms with Crippen LogP contribution in [0.5, 0.6) is 0 Å². The molecule has 1 unspecified atom stereocenters. The Kier molecular flexibility index (Phi) is 5.10. The lowest BCUT2D eigenvalue weighted by atomic mass is 9.86. The van der Waals surface area contributed by atoms with Crippen molar-refractivity contribution in [2.24, 2.45) is 5.92 Å². The van der Waals surface area contributed by atoms with Crippen molar-refractivity contribution in [3.8, 4) is 0 Å². The van der Waals surface area contributed by atoms with Crippen molar-refractivity contribution in [1.82, 2.24) is 4.90 Å². The first kappa shape index (κ1) is 17.2. The van der Waals surface area contributed by atoms with E-state index in [1.807, 2.05) is 0 Å². The molecular weight excluding hydrogens is 290 g/mol. The maximum absolute atomic E-state index is 2.62. The van der Waals surface area contributed by atoms with Crippen LogP contribution in [0.2, 0.25) is 0 Å². The molecule has 0 fully saturated rings. The van der Waals surface area contributed by atoms with Crippen molar-refractivity contribution in [3.63, 3.8) is 0 Å². The van der Waals surface area contributed by atoms with Crippen LogP contribution in [-0.2, 0) is 24.8 Å². The SMILES string of the molecule is CC(Cc1ccc(C(C)(C)C)cc1)CN1CCc2ccccc2C1. The molecule has 0 aromatic heterocycles. The van der Waals surface area contributed by atoms with Crippen LogP contribution in [0.4, 0.5) is 0 Å². The second kappa shape index (κ2) is 7.11. The van der Waals surface area contributed by atoms with Gasteiger partial charge in [-0.05, 0) is 46.4 Å². The molecule has 3 rings (SSSR count). The van der Waals surface area contributed by atoms with Crippen LogP contribution in [0.3, 0.4) is 0 Å². The quantitative estimate of drug-likeness (QED) is 0.746. The number of nitrogens with zero attached hydrogens (tertiary/aromatic N) is 1. The minimum absolute atomic E-state index is 0.241. The van der Waals surface area contributed by atoms with Gasteiger partial charge in [-0.1, -0.05) is 76.2 Å². The normalized spacial score (nSPS) is 16.7. The number of hydrogen-bond acceptors (Lipinski definition) is 1. The summed E-state index contributed by atoms with van der Waals surface area (Å²) < 4.78 is 0. The fourth-order valence-electron chi connectivity index (χ4n) is 3.76. The standard InChI is InChI=1S/C23H31N/c1-18(15-19-9-11-22(12-10-19)23(2,3)4)16-24-14-13-20-7-5-6-8-21(20)17-24/h5-12,18H,13-17H2,1-4H3. The molecule has 1 aliphatic heterocycles. The van der Waals surface area contributed by atoms with Gasteiger partial charge in [-0.2, -0.15) is 0 Å². The van der Waals surface area contributed by atoms with E-state index in [9.17, 15) is 0 Å². The number of rotatable bonds is 4. The molecule has 0 spiro atoms. The second-order valence-corrected chi connectivity index (χ2v) is 8.51. The number of fused-ring (bicyclic) bond motifs is 1. The maximum Gasteiger partial charge on any atom is 0.0236 e. The van der Waals surface area contributed by atoms with Crippen molar-refractivity contribution in [3.05, 3.63) is 70.8 Å². The van der Waals surface area contributed by atoms with Crippen LogP contribution in [0.1, 0.15) is 49.9 Å². The highest BCUT2D eigenvalue weighted by molar-refractivity contribution is 5.29. The van der Waals surface area contributed by atoms with Crippen molar-refractivity contribution in [2.45, 2.75) is 52.5 Å². The summed E-state index contributed by atoms with van der Waals surface area (Å²) >= 11 is 0. The lowest BCUT2D eigenvalue weighted by Gasteiger charge is -2.31. The summed E-state index contributed by atoms with van der Waals surface area (Å²) in [7, 11) is 0. The molecule has 0 saturated heterocycles. The van der Waals surface area contributed by atoms with Gasteiger partial charge in [0, 0.05) is 19.6 Å². The van der Waals surface area contributed by atoms with Gasteiger partial charge >= 0.3 is 0 Å². The molecular formula is C23H31N. The zero-order valence-electron chi connectivity index (χ0n) is 15.7. The van der Waals surface area contributed by atoms with E-state index in [0.717, 1.165) is 6.54 Å². The van der Waals surface area contributed by atoms with Crippen molar-refractivity contribution >= 4 is 0 Å². The van der Waals surface area contributed by atoms with Crippen molar-refractivity contribution in [2.75, 3.05) is 13.1 Å². The maximum atomic E-state index is 2.62. The molecule has 0 bridgehead atoms. The molecule has 1 atom stereocenters. The van der Waals surface area contributed by atoms with Gasteiger partial charge in [-0.3, -0.25) is 4.90 Å². The van der Waals surface area contributed by atoms with E-state index in [1.54, 1.807) is 5.56 Å². The first-order valence-electron chi connectivity index (χ1n) is 9.30. The highest BCUT2D eigenvalue weighted by Gasteiger charge is 2.18. The third-order valence-corrected chi connectivity index (χ3v) is 5.18. The average molecular weight is 322 g/mol. The van der Waals surface area contributed by atoms with Gasteiger partial charge < -0.3 is 0 Å². The molecule has 0 amide bonds. The van der Waals surface area contributed by atoms with E-state index in [-0.39, 0.29) is 5.41 Å². The molecule has 0 radical (unpaired) electrons. The van der Waals surface area contributed by atoms with Gasteiger partial charge in [0.2, 0.25) is 0 Å². The van der Waals surface area contributed by atoms with Crippen LogP contribution in [-0.4, -0.2) is 18.0 Å². The predicted octanol–water partition coefficient (Wildman–Crippen LogP) is 5.22. The predicted molar refractivity (Wildman–Crippen MR) is 103 cm³/mol. The Bertz CT molecular complexity index is 663. The number of benzene rings is 2. The van der Waals surface area contributed by atoms with Crippen LogP contribution < -0.4 is 0 Å². The van der Waals surface area contributed by atoms with E-state index in [0.29, 0.717) is 5.92 Å². The van der Waals surface area contributed by atoms with E-state index in [1.165, 1.54) is 42.6 Å². The topological polar surface area (TPSA) is 3.24 Å². The summed E-state index contributed by atoms with van der Waals surface area (Å²) in [6.45, 7) is 12.7. The summed E-state index contributed by atoms with van der Waals surface area (Å²) in [5.41, 5.74) is 6.19. The first-order valence-corrected chi connectivity index (χ1v) is 9.30. The van der Waals surface area contributed by atoms with Crippen LogP contribution in [0.25, 0.3) is 0 Å². The lowest BCUT2D eigenvalue weighted by Crippen LogP contribution is -2.34. The minimum Gasteiger partial charge on any atom is -0.298 e. The summed E-state index contributed by atoms with van der Waals surface area (Å²) in [4.78, 5) is 2.62. The highest BCUT2D eigenvalue weighted by Crippen LogP contribution is 2.24. The summed E-state index contributed by atoms with van der Waals surface area (Å²) in [5, 5.41) is 0. The molecule has 2 aromatic carbocycles. The summed E-state index contributed by atoms with van der Waals surface area (Å²) in [5.74, 6) is 0.691. The zero-order valence-corrected chi connectivity index (χ0v) is 15.7. The Hall–Kier alpha value is -1.60. The van der Waals surface area contributed by atoms with E-state index >= 15 is 0 Å². The minimum atomic E-state index is 0.241. The van der Waals surface area contributed by atoms with Gasteiger partial charge in [-0.15, -0.1) is 0 Å². The largest absolute Gasteiger partial charge is 0.298 e. The molecule has 1 nitrogen and oxygen atoms in total. The molecule has 1 heterocycles. The summed E-state index contributed by atoms with van der Waals surface area (Å²) in [6.07, 6.45) is 2.37. The van der Waals surface area contributed by atoms with E-state index < -0.39 is 0 Å². The Morgan fingerprint density at radius 1 is 0.958 bits per heavy atom. The molecule has 2 aromatic rings. The van der Waals surface area contributed by atoms with Crippen LogP contribution in [0.15, 0.2) is 48.5 Å². The molecule has 1 heteroatoms. The summed E-state index contributed by atoms with van der Waals surface area (Å²) in [6, 6.07) is 18.2. The second-order valence-electron chi connectivity index (χ2n) is 8.51. The third kappa shape index (κ3) is 4.27. The fraction of sp³-hybridized carbons (Fsp3) is 0.478. The number of hydrogen-bond donors (Lipinski definition) is 0. The molecule has 0 N–H and O–H groups in total. The zero-order chi connectivity index (χ0) is 17.2. The molecule has 0 saturated carbocycles. The monoisotopic (exact) mass is 321 g/mol. The van der Waals surface area contributed by atoms with Gasteiger partial charge in [-0.25, -0.2) is 0 Å². The molecule has 128 valence electrons. The Morgan fingerprint density at radius 2 is 1.62 bits per heavy atom. The van der Waals surface area contributed by atoms with Crippen LogP contribution >= 0.6 is 0 Å². The van der Waals surface area contributed by atoms with Crippen LogP contribution in [0, 0.1) is 5.92 Å². The van der Waals surface area contributed by atoms with Gasteiger partial charge in [0.1, 0.15) is 0 Å².